The van der Waals surface area contributed by atoms with Crippen molar-refractivity contribution < 1.29 is 18.0 Å². The van der Waals surface area contributed by atoms with Gasteiger partial charge < -0.3 is 15.5 Å². The average Bonchev–Trinajstić information content (AvgIpc) is 3.10. The topological polar surface area (TPSA) is 95.6 Å². The maximum atomic E-state index is 12.9. The minimum absolute atomic E-state index is 0. The van der Waals surface area contributed by atoms with Gasteiger partial charge >= 0.3 is 0 Å². The molecule has 156 valence electrons. The summed E-state index contributed by atoms with van der Waals surface area (Å²) in [5.74, 6) is -0.0513. The van der Waals surface area contributed by atoms with Gasteiger partial charge in [-0.05, 0) is 45.2 Å². The van der Waals surface area contributed by atoms with Crippen LogP contribution in [-0.4, -0.2) is 68.4 Å². The molecule has 0 aromatic heterocycles. The van der Waals surface area contributed by atoms with Crippen molar-refractivity contribution in [2.45, 2.75) is 62.2 Å². The van der Waals surface area contributed by atoms with Crippen molar-refractivity contribution in [3.8, 4) is 0 Å². The van der Waals surface area contributed by atoms with Gasteiger partial charge in [-0.1, -0.05) is 19.3 Å². The molecule has 7 nitrogen and oxygen atoms in total. The van der Waals surface area contributed by atoms with Crippen LogP contribution in [-0.2, 0) is 19.4 Å². The van der Waals surface area contributed by atoms with E-state index in [2.05, 4.69) is 10.6 Å². The summed E-state index contributed by atoms with van der Waals surface area (Å²) < 4.78 is 23.4. The molecule has 2 aliphatic heterocycles. The lowest BCUT2D eigenvalue weighted by Gasteiger charge is -2.35. The molecular formula is C18H32ClN3O4S. The molecule has 2 heterocycles. The first-order valence-corrected chi connectivity index (χ1v) is 11.7. The fourth-order valence-electron chi connectivity index (χ4n) is 4.60. The van der Waals surface area contributed by atoms with Crippen LogP contribution in [0.25, 0.3) is 0 Å². The predicted octanol–water partition coefficient (Wildman–Crippen LogP) is 0.872. The molecular weight excluding hydrogens is 390 g/mol. The van der Waals surface area contributed by atoms with Crippen LogP contribution in [0.15, 0.2) is 0 Å². The number of amides is 2. The highest BCUT2D eigenvalue weighted by Crippen LogP contribution is 2.29. The van der Waals surface area contributed by atoms with E-state index in [0.717, 1.165) is 31.9 Å². The molecule has 9 heteroatoms. The number of likely N-dealkylation sites (tertiary alicyclic amines) is 1. The Kier molecular flexibility index (Phi) is 7.55. The second kappa shape index (κ2) is 9.09. The number of halogens is 1. The molecule has 2 N–H and O–H groups in total. The summed E-state index contributed by atoms with van der Waals surface area (Å²) in [6.07, 6.45) is 7.85. The van der Waals surface area contributed by atoms with Crippen LogP contribution < -0.4 is 10.6 Å². The molecule has 0 radical (unpaired) electrons. The van der Waals surface area contributed by atoms with Crippen molar-refractivity contribution in [1.82, 2.24) is 15.5 Å². The van der Waals surface area contributed by atoms with Gasteiger partial charge in [0.25, 0.3) is 0 Å². The third-order valence-electron chi connectivity index (χ3n) is 6.32. The SMILES string of the molecule is CS(=O)(=O)C1(C(=O)NC2CCN(C(=O)C3CCCCC3)C2)CCNCC1.Cl. The van der Waals surface area contributed by atoms with Gasteiger partial charge in [0.05, 0.1) is 0 Å². The van der Waals surface area contributed by atoms with E-state index >= 15 is 0 Å². The first-order valence-electron chi connectivity index (χ1n) is 9.83. The normalized spacial score (nSPS) is 26.3. The number of hydrogen-bond acceptors (Lipinski definition) is 5. The van der Waals surface area contributed by atoms with E-state index in [0.29, 0.717) is 45.4 Å². The molecule has 2 amide bonds. The van der Waals surface area contributed by atoms with Crippen LogP contribution in [0.5, 0.6) is 0 Å². The second-order valence-corrected chi connectivity index (χ2v) is 10.4. The molecule has 0 aromatic carbocycles. The van der Waals surface area contributed by atoms with E-state index in [1.165, 1.54) is 6.42 Å². The van der Waals surface area contributed by atoms with Gasteiger partial charge in [-0.3, -0.25) is 9.59 Å². The zero-order chi connectivity index (χ0) is 18.8. The standard InChI is InChI=1S/C18H31N3O4S.ClH/c1-26(24,25)18(8-10-19-11-9-18)17(23)20-15-7-12-21(13-15)16(22)14-5-3-2-4-6-14;/h14-15,19H,2-13H2,1H3,(H,20,23);1H. The number of nitrogens with one attached hydrogen (secondary N) is 2. The van der Waals surface area contributed by atoms with Gasteiger partial charge in [0, 0.05) is 31.3 Å². The van der Waals surface area contributed by atoms with E-state index in [1.54, 1.807) is 0 Å². The molecule has 3 fully saturated rings. The Bertz CT molecular complexity index is 643. The number of piperidine rings is 1. The minimum atomic E-state index is -3.51. The molecule has 27 heavy (non-hydrogen) atoms. The van der Waals surface area contributed by atoms with Crippen LogP contribution in [0.3, 0.4) is 0 Å². The second-order valence-electron chi connectivity index (χ2n) is 8.09. The molecule has 1 saturated carbocycles. The molecule has 1 atom stereocenters. The summed E-state index contributed by atoms with van der Waals surface area (Å²) in [6, 6.07) is -0.149. The average molecular weight is 422 g/mol. The van der Waals surface area contributed by atoms with Crippen LogP contribution in [0, 0.1) is 5.92 Å². The highest BCUT2D eigenvalue weighted by Gasteiger charge is 2.49. The molecule has 3 aliphatic rings. The zero-order valence-corrected chi connectivity index (χ0v) is 17.7. The van der Waals surface area contributed by atoms with E-state index in [4.69, 9.17) is 0 Å². The predicted molar refractivity (Wildman–Crippen MR) is 107 cm³/mol. The van der Waals surface area contributed by atoms with E-state index in [9.17, 15) is 18.0 Å². The number of nitrogens with zero attached hydrogens (tertiary/aromatic N) is 1. The number of sulfone groups is 1. The largest absolute Gasteiger partial charge is 0.350 e. The van der Waals surface area contributed by atoms with Crippen molar-refractivity contribution in [1.29, 1.82) is 0 Å². The Hall–Kier alpha value is -0.860. The lowest BCUT2D eigenvalue weighted by atomic mass is 9.88. The fraction of sp³-hybridized carbons (Fsp3) is 0.889. The lowest BCUT2D eigenvalue weighted by molar-refractivity contribution is -0.135. The molecule has 1 unspecified atom stereocenters. The van der Waals surface area contributed by atoms with E-state index in [-0.39, 0.29) is 30.3 Å². The fourth-order valence-corrected chi connectivity index (χ4v) is 5.94. The summed E-state index contributed by atoms with van der Waals surface area (Å²) in [6.45, 7) is 2.20. The number of rotatable bonds is 4. The van der Waals surface area contributed by atoms with Crippen LogP contribution in [0.2, 0.25) is 0 Å². The zero-order valence-electron chi connectivity index (χ0n) is 16.0. The molecule has 2 saturated heterocycles. The van der Waals surface area contributed by atoms with E-state index < -0.39 is 20.5 Å². The molecule has 0 spiro atoms. The van der Waals surface area contributed by atoms with Crippen LogP contribution >= 0.6 is 12.4 Å². The van der Waals surface area contributed by atoms with Gasteiger partial charge in [-0.15, -0.1) is 12.4 Å². The number of hydrogen-bond donors (Lipinski definition) is 2. The third-order valence-corrected chi connectivity index (χ3v) is 8.34. The first kappa shape index (κ1) is 22.4. The number of carbonyl (C=O) groups excluding carboxylic acids is 2. The lowest BCUT2D eigenvalue weighted by Crippen LogP contribution is -2.59. The smallest absolute Gasteiger partial charge is 0.241 e. The molecule has 1 aliphatic carbocycles. The third kappa shape index (κ3) is 4.77. The monoisotopic (exact) mass is 421 g/mol. The maximum absolute atomic E-state index is 12.9. The Morgan fingerprint density at radius 2 is 1.70 bits per heavy atom. The minimum Gasteiger partial charge on any atom is -0.350 e. The van der Waals surface area contributed by atoms with Crippen molar-refractivity contribution in [3.63, 3.8) is 0 Å². The van der Waals surface area contributed by atoms with Crippen molar-refractivity contribution >= 4 is 34.1 Å². The molecule has 0 bridgehead atoms. The summed E-state index contributed by atoms with van der Waals surface area (Å²) in [7, 11) is -3.51. The summed E-state index contributed by atoms with van der Waals surface area (Å²) in [5.41, 5.74) is 0. The molecule has 0 aromatic rings. The maximum Gasteiger partial charge on any atom is 0.241 e. The summed E-state index contributed by atoms with van der Waals surface area (Å²) in [4.78, 5) is 27.4. The highest BCUT2D eigenvalue weighted by atomic mass is 35.5. The van der Waals surface area contributed by atoms with Gasteiger partial charge in [0.2, 0.25) is 11.8 Å². The Balaban J connectivity index is 0.00000261. The van der Waals surface area contributed by atoms with Crippen LogP contribution in [0.4, 0.5) is 0 Å². The van der Waals surface area contributed by atoms with Crippen molar-refractivity contribution in [3.05, 3.63) is 0 Å². The van der Waals surface area contributed by atoms with Gasteiger partial charge in [0.1, 0.15) is 0 Å². The van der Waals surface area contributed by atoms with Crippen LogP contribution in [0.1, 0.15) is 51.4 Å². The molecule has 3 rings (SSSR count). The summed E-state index contributed by atoms with van der Waals surface area (Å²) >= 11 is 0. The van der Waals surface area contributed by atoms with Gasteiger partial charge in [-0.2, -0.15) is 0 Å². The van der Waals surface area contributed by atoms with Gasteiger partial charge in [-0.25, -0.2) is 8.42 Å². The van der Waals surface area contributed by atoms with Crippen molar-refractivity contribution in [2.75, 3.05) is 32.4 Å². The summed E-state index contributed by atoms with van der Waals surface area (Å²) in [5, 5.41) is 6.07. The van der Waals surface area contributed by atoms with E-state index in [1.807, 2.05) is 4.90 Å². The Labute approximate surface area is 168 Å². The Morgan fingerprint density at radius 3 is 2.30 bits per heavy atom. The first-order chi connectivity index (χ1) is 12.3. The van der Waals surface area contributed by atoms with Gasteiger partial charge in [0.15, 0.2) is 14.6 Å². The number of carbonyl (C=O) groups is 2. The van der Waals surface area contributed by atoms with Crippen molar-refractivity contribution in [2.24, 2.45) is 5.92 Å². The quantitative estimate of drug-likeness (QED) is 0.702. The Morgan fingerprint density at radius 1 is 1.07 bits per heavy atom. The highest BCUT2D eigenvalue weighted by molar-refractivity contribution is 7.92.